The van der Waals surface area contributed by atoms with Gasteiger partial charge in [-0.05, 0) is 111 Å². The quantitative estimate of drug-likeness (QED) is 0.167. The predicted octanol–water partition coefficient (Wildman–Crippen LogP) is 16.9. The van der Waals surface area contributed by atoms with Gasteiger partial charge < -0.3 is 13.9 Å². The van der Waals surface area contributed by atoms with Crippen LogP contribution in [0.15, 0.2) is 223 Å². The topological polar surface area (TPSA) is 21.3 Å². The maximum Gasteiger partial charge on any atom is 0.159 e. The highest BCUT2D eigenvalue weighted by atomic mass is 16.3. The van der Waals surface area contributed by atoms with Crippen molar-refractivity contribution in [1.82, 2.24) is 4.57 Å². The molecule has 0 saturated heterocycles. The molecule has 12 aromatic rings. The molecule has 13 rings (SSSR count). The van der Waals surface area contributed by atoms with E-state index in [1.165, 1.54) is 66.1 Å². The van der Waals surface area contributed by atoms with Crippen molar-refractivity contribution in [2.75, 3.05) is 4.90 Å². The molecule has 0 fully saturated rings. The number of fused-ring (bicyclic) bond motifs is 11. The van der Waals surface area contributed by atoms with E-state index in [0.29, 0.717) is 0 Å². The highest BCUT2D eigenvalue weighted by molar-refractivity contribution is 6.17. The van der Waals surface area contributed by atoms with Gasteiger partial charge in [-0.25, -0.2) is 0 Å². The van der Waals surface area contributed by atoms with Gasteiger partial charge in [-0.1, -0.05) is 172 Å². The Morgan fingerprint density at radius 3 is 1.83 bits per heavy atom. The molecule has 0 aliphatic heterocycles. The van der Waals surface area contributed by atoms with Crippen LogP contribution in [0.1, 0.15) is 25.0 Å². The lowest BCUT2D eigenvalue weighted by Crippen LogP contribution is -2.14. The highest BCUT2D eigenvalue weighted by Gasteiger charge is 2.36. The number of furan rings is 1. The van der Waals surface area contributed by atoms with Crippen LogP contribution in [0.2, 0.25) is 0 Å². The number of hydrogen-bond acceptors (Lipinski definition) is 2. The van der Waals surface area contributed by atoms with Crippen molar-refractivity contribution < 1.29 is 4.42 Å². The number of anilines is 3. The first-order chi connectivity index (χ1) is 31.5. The fraction of sp³-hybridized carbons (Fsp3) is 0.0492. The number of benzene rings is 10. The molecule has 1 aliphatic carbocycles. The Morgan fingerprint density at radius 1 is 0.406 bits per heavy atom. The smallest absolute Gasteiger partial charge is 0.159 e. The van der Waals surface area contributed by atoms with Crippen molar-refractivity contribution in [2.24, 2.45) is 0 Å². The van der Waals surface area contributed by atoms with Crippen molar-refractivity contribution in [3.63, 3.8) is 0 Å². The average molecular weight is 819 g/mol. The number of hydrogen-bond donors (Lipinski definition) is 0. The fourth-order valence-corrected chi connectivity index (χ4v) is 10.7. The molecule has 0 bridgehead atoms. The molecule has 302 valence electrons. The van der Waals surface area contributed by atoms with E-state index in [1.54, 1.807) is 0 Å². The normalized spacial score (nSPS) is 13.0. The van der Waals surface area contributed by atoms with Crippen molar-refractivity contribution in [3.8, 4) is 39.1 Å². The monoisotopic (exact) mass is 818 g/mol. The summed E-state index contributed by atoms with van der Waals surface area (Å²) in [5, 5.41) is 6.99. The van der Waals surface area contributed by atoms with E-state index in [-0.39, 0.29) is 5.41 Å². The van der Waals surface area contributed by atoms with Gasteiger partial charge in [0.05, 0.1) is 16.7 Å². The second-order valence-electron chi connectivity index (χ2n) is 17.7. The third-order valence-electron chi connectivity index (χ3n) is 13.8. The Bertz CT molecular complexity index is 3800. The molecule has 2 heterocycles. The summed E-state index contributed by atoms with van der Waals surface area (Å²) in [5.74, 6) is 0. The van der Waals surface area contributed by atoms with Crippen molar-refractivity contribution in [1.29, 1.82) is 0 Å². The maximum atomic E-state index is 6.98. The van der Waals surface area contributed by atoms with Crippen molar-refractivity contribution in [2.45, 2.75) is 19.3 Å². The van der Waals surface area contributed by atoms with E-state index in [1.807, 2.05) is 0 Å². The van der Waals surface area contributed by atoms with Gasteiger partial charge in [0.2, 0.25) is 0 Å². The van der Waals surface area contributed by atoms with E-state index < -0.39 is 0 Å². The minimum Gasteiger partial charge on any atom is -0.453 e. The first kappa shape index (κ1) is 36.5. The standard InChI is InChI=1S/C61H42N2O/c1-61(2)53-22-10-8-19-52(53)58-46(20-12-23-54(58)61)41-28-34-45(35-29-41)62(56-25-13-21-50-51-37-30-40-14-6-7-17-47(40)59(51)64-60(50)56)44-32-26-39(27-33-44)42-31-36-49-48-18-9-11-24-55(48)63(57(49)38-42)43-15-4-3-5-16-43/h3-38H,1-2H3. The molecule has 3 nitrogen and oxygen atoms in total. The lowest BCUT2D eigenvalue weighted by atomic mass is 9.82. The zero-order valence-electron chi connectivity index (χ0n) is 35.6. The van der Waals surface area contributed by atoms with Crippen LogP contribution in [-0.4, -0.2) is 4.57 Å². The van der Waals surface area contributed by atoms with Gasteiger partial charge in [-0.2, -0.15) is 0 Å². The van der Waals surface area contributed by atoms with Gasteiger partial charge in [-0.3, -0.25) is 0 Å². The van der Waals surface area contributed by atoms with Crippen LogP contribution in [-0.2, 0) is 5.41 Å². The third-order valence-corrected chi connectivity index (χ3v) is 13.8. The minimum absolute atomic E-state index is 0.0620. The van der Waals surface area contributed by atoms with Crippen molar-refractivity contribution >= 4 is 71.6 Å². The molecular formula is C61H42N2O. The number of rotatable bonds is 6. The first-order valence-corrected chi connectivity index (χ1v) is 22.2. The van der Waals surface area contributed by atoms with Gasteiger partial charge in [0.25, 0.3) is 0 Å². The van der Waals surface area contributed by atoms with E-state index in [9.17, 15) is 0 Å². The SMILES string of the molecule is CC1(C)c2ccccc2-c2c(-c3ccc(N(c4ccc(-c5ccc6c7ccccc7n(-c7ccccc7)c6c5)cc4)c4cccc5c4oc4c6ccccc6ccc54)cc3)cccc21. The van der Waals surface area contributed by atoms with Crippen LogP contribution < -0.4 is 4.90 Å². The van der Waals surface area contributed by atoms with Crippen molar-refractivity contribution in [3.05, 3.63) is 230 Å². The van der Waals surface area contributed by atoms with Crippen LogP contribution in [0.5, 0.6) is 0 Å². The van der Waals surface area contributed by atoms with E-state index in [0.717, 1.165) is 55.6 Å². The zero-order valence-corrected chi connectivity index (χ0v) is 35.6. The van der Waals surface area contributed by atoms with E-state index in [2.05, 4.69) is 242 Å². The van der Waals surface area contributed by atoms with Crippen LogP contribution in [0, 0.1) is 0 Å². The summed E-state index contributed by atoms with van der Waals surface area (Å²) in [5.41, 5.74) is 18.5. The average Bonchev–Trinajstić information content (AvgIpc) is 3.98. The van der Waals surface area contributed by atoms with Gasteiger partial charge in [0, 0.05) is 49.4 Å². The molecule has 0 spiro atoms. The summed E-state index contributed by atoms with van der Waals surface area (Å²) >= 11 is 0. The molecule has 0 N–H and O–H groups in total. The molecule has 2 aromatic heterocycles. The highest BCUT2D eigenvalue weighted by Crippen LogP contribution is 2.52. The molecule has 0 atom stereocenters. The number of para-hydroxylation sites is 3. The second kappa shape index (κ2) is 13.9. The molecule has 10 aromatic carbocycles. The second-order valence-corrected chi connectivity index (χ2v) is 17.7. The van der Waals surface area contributed by atoms with Crippen LogP contribution in [0.3, 0.4) is 0 Å². The van der Waals surface area contributed by atoms with Crippen LogP contribution >= 0.6 is 0 Å². The van der Waals surface area contributed by atoms with Gasteiger partial charge in [-0.15, -0.1) is 0 Å². The number of aromatic nitrogens is 1. The van der Waals surface area contributed by atoms with Gasteiger partial charge in [0.15, 0.2) is 5.58 Å². The Labute approximate surface area is 371 Å². The largest absolute Gasteiger partial charge is 0.453 e. The molecule has 64 heavy (non-hydrogen) atoms. The van der Waals surface area contributed by atoms with Gasteiger partial charge in [0.1, 0.15) is 5.58 Å². The molecule has 0 radical (unpaired) electrons. The minimum atomic E-state index is -0.0620. The third kappa shape index (κ3) is 5.41. The lowest BCUT2D eigenvalue weighted by Gasteiger charge is -2.26. The zero-order chi connectivity index (χ0) is 42.5. The summed E-state index contributed by atoms with van der Waals surface area (Å²) in [6.45, 7) is 4.69. The molecular weight excluding hydrogens is 777 g/mol. The fourth-order valence-electron chi connectivity index (χ4n) is 10.7. The van der Waals surface area contributed by atoms with E-state index >= 15 is 0 Å². The predicted molar refractivity (Wildman–Crippen MR) is 269 cm³/mol. The Morgan fingerprint density at radius 2 is 1.00 bits per heavy atom. The molecule has 0 saturated carbocycles. The molecule has 0 amide bonds. The van der Waals surface area contributed by atoms with Crippen LogP contribution in [0.25, 0.3) is 93.6 Å². The Balaban J connectivity index is 0.959. The Kier molecular flexibility index (Phi) is 7.95. The van der Waals surface area contributed by atoms with E-state index in [4.69, 9.17) is 4.42 Å². The summed E-state index contributed by atoms with van der Waals surface area (Å²) in [4.78, 5) is 2.35. The summed E-state index contributed by atoms with van der Waals surface area (Å²) in [7, 11) is 0. The van der Waals surface area contributed by atoms with Crippen LogP contribution in [0.4, 0.5) is 17.1 Å². The maximum absolute atomic E-state index is 6.98. The summed E-state index contributed by atoms with van der Waals surface area (Å²) < 4.78 is 9.36. The van der Waals surface area contributed by atoms with Gasteiger partial charge >= 0.3 is 0 Å². The molecule has 1 aliphatic rings. The molecule has 3 heteroatoms. The first-order valence-electron chi connectivity index (χ1n) is 22.2. The Hall–Kier alpha value is -8.14. The number of nitrogens with zero attached hydrogens (tertiary/aromatic N) is 2. The summed E-state index contributed by atoms with van der Waals surface area (Å²) in [6, 6.07) is 79.5. The molecule has 0 unspecified atom stereocenters. The lowest BCUT2D eigenvalue weighted by molar-refractivity contribution is 0.660. The summed E-state index contributed by atoms with van der Waals surface area (Å²) in [6.07, 6.45) is 0.